The van der Waals surface area contributed by atoms with Crippen molar-refractivity contribution in [1.82, 2.24) is 15.1 Å². The first-order valence-corrected chi connectivity index (χ1v) is 4.02. The number of nitrogens with zero attached hydrogens (tertiary/aromatic N) is 2. The van der Waals surface area contributed by atoms with Gasteiger partial charge in [0, 0.05) is 12.7 Å². The molecular weight excluding hydrogens is 166 g/mol. The van der Waals surface area contributed by atoms with E-state index in [1.165, 1.54) is 6.20 Å². The molecule has 13 heavy (non-hydrogen) atoms. The number of hydrogen-bond acceptors (Lipinski definition) is 2. The Labute approximate surface area is 76.9 Å². The highest BCUT2D eigenvalue weighted by molar-refractivity contribution is 5.93. The Kier molecular flexibility index (Phi) is 3.09. The summed E-state index contributed by atoms with van der Waals surface area (Å²) in [5.74, 6) is 2.15. The first-order valence-electron chi connectivity index (χ1n) is 4.02. The van der Waals surface area contributed by atoms with Crippen LogP contribution in [0.4, 0.5) is 0 Å². The third kappa shape index (κ3) is 2.34. The van der Waals surface area contributed by atoms with Crippen LogP contribution in [0.1, 0.15) is 17.3 Å². The van der Waals surface area contributed by atoms with Crippen LogP contribution in [0.5, 0.6) is 0 Å². The van der Waals surface area contributed by atoms with E-state index in [0.29, 0.717) is 5.56 Å². The molecule has 0 aliphatic heterocycles. The maximum absolute atomic E-state index is 11.3. The average Bonchev–Trinajstić information content (AvgIpc) is 2.62. The fraction of sp³-hybridized carbons (Fsp3) is 0.333. The summed E-state index contributed by atoms with van der Waals surface area (Å²) in [4.78, 5) is 11.3. The van der Waals surface area contributed by atoms with E-state index in [9.17, 15) is 4.79 Å². The number of hydrogen-bond donors (Lipinski definition) is 1. The van der Waals surface area contributed by atoms with E-state index in [-0.39, 0.29) is 12.5 Å². The van der Waals surface area contributed by atoms with Crippen molar-refractivity contribution in [3.8, 4) is 12.3 Å². The molecule has 1 aromatic rings. The molecule has 1 amide bonds. The molecule has 1 rings (SSSR count). The topological polar surface area (TPSA) is 46.9 Å². The number of carbonyl (C=O) groups excluding carboxylic acids is 1. The van der Waals surface area contributed by atoms with Crippen LogP contribution in [0.15, 0.2) is 12.4 Å². The maximum Gasteiger partial charge on any atom is 0.255 e. The van der Waals surface area contributed by atoms with E-state index < -0.39 is 0 Å². The lowest BCUT2D eigenvalue weighted by molar-refractivity contribution is 0.0958. The van der Waals surface area contributed by atoms with Crippen molar-refractivity contribution in [2.75, 3.05) is 6.54 Å². The van der Waals surface area contributed by atoms with Gasteiger partial charge in [-0.2, -0.15) is 5.10 Å². The fourth-order valence-corrected chi connectivity index (χ4v) is 0.887. The maximum atomic E-state index is 11.3. The zero-order valence-electron chi connectivity index (χ0n) is 7.45. The largest absolute Gasteiger partial charge is 0.341 e. The van der Waals surface area contributed by atoms with Gasteiger partial charge in [-0.15, -0.1) is 6.42 Å². The molecule has 0 radical (unpaired) electrons. The minimum Gasteiger partial charge on any atom is -0.341 e. The normalized spacial score (nSPS) is 9.23. The highest BCUT2D eigenvalue weighted by Gasteiger charge is 2.05. The van der Waals surface area contributed by atoms with Crippen molar-refractivity contribution in [1.29, 1.82) is 0 Å². The molecule has 0 aliphatic carbocycles. The summed E-state index contributed by atoms with van der Waals surface area (Å²) in [6, 6.07) is 0. The Hall–Kier alpha value is -1.76. The number of aromatic nitrogens is 2. The van der Waals surface area contributed by atoms with E-state index in [4.69, 9.17) is 6.42 Å². The van der Waals surface area contributed by atoms with Crippen LogP contribution in [0.2, 0.25) is 0 Å². The lowest BCUT2D eigenvalue weighted by Gasteiger charge is -1.96. The van der Waals surface area contributed by atoms with Gasteiger partial charge in [0.25, 0.3) is 5.91 Å². The van der Waals surface area contributed by atoms with E-state index >= 15 is 0 Å². The molecule has 4 nitrogen and oxygen atoms in total. The second-order valence-electron chi connectivity index (χ2n) is 2.47. The third-order valence-corrected chi connectivity index (χ3v) is 1.57. The number of aryl methyl sites for hydroxylation is 1. The van der Waals surface area contributed by atoms with Gasteiger partial charge in [-0.1, -0.05) is 5.92 Å². The second-order valence-corrected chi connectivity index (χ2v) is 2.47. The number of carbonyl (C=O) groups is 1. The fourth-order valence-electron chi connectivity index (χ4n) is 0.887. The van der Waals surface area contributed by atoms with Crippen molar-refractivity contribution in [3.63, 3.8) is 0 Å². The zero-order valence-corrected chi connectivity index (χ0v) is 7.45. The Bertz CT molecular complexity index is 335. The first kappa shape index (κ1) is 9.33. The number of terminal acetylenes is 1. The molecule has 68 valence electrons. The summed E-state index contributed by atoms with van der Waals surface area (Å²) in [6.07, 6.45) is 8.21. The van der Waals surface area contributed by atoms with Crippen LogP contribution < -0.4 is 5.32 Å². The Morgan fingerprint density at radius 3 is 3.15 bits per heavy atom. The predicted molar refractivity (Wildman–Crippen MR) is 49.1 cm³/mol. The number of nitrogens with one attached hydrogen (secondary N) is 1. The molecule has 0 spiro atoms. The van der Waals surface area contributed by atoms with Gasteiger partial charge in [0.1, 0.15) is 0 Å². The summed E-state index contributed by atoms with van der Waals surface area (Å²) in [5.41, 5.74) is 0.539. The quantitative estimate of drug-likeness (QED) is 0.673. The summed E-state index contributed by atoms with van der Waals surface area (Å²) in [6.45, 7) is 2.95. The van der Waals surface area contributed by atoms with Gasteiger partial charge in [-0.25, -0.2) is 0 Å². The summed E-state index contributed by atoms with van der Waals surface area (Å²) in [7, 11) is 0. The van der Waals surface area contributed by atoms with E-state index in [1.54, 1.807) is 10.9 Å². The van der Waals surface area contributed by atoms with Crippen LogP contribution in [0.3, 0.4) is 0 Å². The van der Waals surface area contributed by atoms with Gasteiger partial charge in [0.05, 0.1) is 18.3 Å². The van der Waals surface area contributed by atoms with E-state index in [1.807, 2.05) is 6.92 Å². The minimum absolute atomic E-state index is 0.183. The molecule has 4 heteroatoms. The summed E-state index contributed by atoms with van der Waals surface area (Å²) in [5, 5.41) is 6.53. The number of rotatable bonds is 3. The standard InChI is InChI=1S/C9H11N3O/c1-3-5-10-9(13)8-6-11-12(4-2)7-8/h1,6-7H,4-5H2,2H3,(H,10,13). The Morgan fingerprint density at radius 1 is 1.85 bits per heavy atom. The predicted octanol–water partition coefficient (Wildman–Crippen LogP) is 0.266. The molecule has 0 bridgehead atoms. The van der Waals surface area contributed by atoms with Crippen LogP contribution >= 0.6 is 0 Å². The van der Waals surface area contributed by atoms with Gasteiger partial charge in [0.15, 0.2) is 0 Å². The van der Waals surface area contributed by atoms with Crippen molar-refractivity contribution in [2.45, 2.75) is 13.5 Å². The van der Waals surface area contributed by atoms with Crippen molar-refractivity contribution in [2.24, 2.45) is 0 Å². The summed E-state index contributed by atoms with van der Waals surface area (Å²) < 4.78 is 1.69. The third-order valence-electron chi connectivity index (χ3n) is 1.57. The van der Waals surface area contributed by atoms with E-state index in [2.05, 4.69) is 16.3 Å². The van der Waals surface area contributed by atoms with Crippen LogP contribution in [-0.2, 0) is 6.54 Å². The Balaban J connectivity index is 2.62. The second kappa shape index (κ2) is 4.31. The van der Waals surface area contributed by atoms with Gasteiger partial charge in [-0.05, 0) is 6.92 Å². The van der Waals surface area contributed by atoms with Crippen LogP contribution in [0.25, 0.3) is 0 Å². The lowest BCUT2D eigenvalue weighted by Crippen LogP contribution is -2.22. The molecule has 0 fully saturated rings. The highest BCUT2D eigenvalue weighted by atomic mass is 16.1. The SMILES string of the molecule is C#CCNC(=O)c1cnn(CC)c1. The van der Waals surface area contributed by atoms with Gasteiger partial charge in [0.2, 0.25) is 0 Å². The van der Waals surface area contributed by atoms with Crippen molar-refractivity contribution >= 4 is 5.91 Å². The molecule has 1 aromatic heterocycles. The molecule has 1 N–H and O–H groups in total. The first-order chi connectivity index (χ1) is 6.27. The van der Waals surface area contributed by atoms with Crippen LogP contribution in [-0.4, -0.2) is 22.2 Å². The van der Waals surface area contributed by atoms with E-state index in [0.717, 1.165) is 6.54 Å². The number of amides is 1. The highest BCUT2D eigenvalue weighted by Crippen LogP contribution is 1.96. The van der Waals surface area contributed by atoms with Gasteiger partial charge in [-0.3, -0.25) is 9.48 Å². The smallest absolute Gasteiger partial charge is 0.255 e. The average molecular weight is 177 g/mol. The molecule has 0 aliphatic rings. The monoisotopic (exact) mass is 177 g/mol. The van der Waals surface area contributed by atoms with Crippen LogP contribution in [0, 0.1) is 12.3 Å². The molecule has 0 aromatic carbocycles. The molecule has 0 saturated heterocycles. The molecule has 1 heterocycles. The zero-order chi connectivity index (χ0) is 9.68. The molecule has 0 atom stereocenters. The van der Waals surface area contributed by atoms with Crippen molar-refractivity contribution < 1.29 is 4.79 Å². The van der Waals surface area contributed by atoms with Crippen molar-refractivity contribution in [3.05, 3.63) is 18.0 Å². The lowest BCUT2D eigenvalue weighted by atomic mass is 10.3. The van der Waals surface area contributed by atoms with Gasteiger partial charge >= 0.3 is 0 Å². The molecular formula is C9H11N3O. The molecule has 0 unspecified atom stereocenters. The molecule has 0 saturated carbocycles. The minimum atomic E-state index is -0.183. The Morgan fingerprint density at radius 2 is 2.62 bits per heavy atom. The van der Waals surface area contributed by atoms with Gasteiger partial charge < -0.3 is 5.32 Å². The summed E-state index contributed by atoms with van der Waals surface area (Å²) >= 11 is 0.